The number of unbranched alkanes of at least 4 members (excludes halogenated alkanes) is 1. The number of ketones is 1. The van der Waals surface area contributed by atoms with Crippen LogP contribution in [-0.4, -0.2) is 19.0 Å². The van der Waals surface area contributed by atoms with E-state index < -0.39 is 0 Å². The summed E-state index contributed by atoms with van der Waals surface area (Å²) < 4.78 is 5.19. The van der Waals surface area contributed by atoms with Crippen molar-refractivity contribution in [1.82, 2.24) is 0 Å². The van der Waals surface area contributed by atoms with Gasteiger partial charge in [-0.1, -0.05) is 26.2 Å². The van der Waals surface area contributed by atoms with Crippen LogP contribution in [0.25, 0.3) is 0 Å². The maximum absolute atomic E-state index is 11.8. The van der Waals surface area contributed by atoms with Crippen molar-refractivity contribution in [2.45, 2.75) is 58.8 Å². The first kappa shape index (κ1) is 13.7. The molecule has 0 saturated heterocycles. The van der Waals surface area contributed by atoms with E-state index in [1.807, 2.05) is 6.92 Å². The largest absolute Gasteiger partial charge is 0.374 e. The first-order chi connectivity index (χ1) is 7.77. The molecule has 0 unspecified atom stereocenters. The van der Waals surface area contributed by atoms with Crippen LogP contribution in [0.4, 0.5) is 0 Å². The molecule has 0 N–H and O–H groups in total. The summed E-state index contributed by atoms with van der Waals surface area (Å²) in [7, 11) is 0. The standard InChI is InChI=1S/C14H26O2/c1-3-5-6-12-7-9-13(10-8-12)14(15)11-16-4-2/h12-13H,3-11H2,1-2H3. The minimum absolute atomic E-state index is 0.296. The van der Waals surface area contributed by atoms with Gasteiger partial charge in [0.25, 0.3) is 0 Å². The molecule has 0 heterocycles. The molecule has 0 spiro atoms. The van der Waals surface area contributed by atoms with E-state index in [1.54, 1.807) is 0 Å². The fourth-order valence-electron chi connectivity index (χ4n) is 2.59. The first-order valence-corrected chi connectivity index (χ1v) is 6.88. The second-order valence-corrected chi connectivity index (χ2v) is 4.96. The van der Waals surface area contributed by atoms with Crippen molar-refractivity contribution in [1.29, 1.82) is 0 Å². The first-order valence-electron chi connectivity index (χ1n) is 6.88. The van der Waals surface area contributed by atoms with Gasteiger partial charge in [0.15, 0.2) is 5.78 Å². The highest BCUT2D eigenvalue weighted by atomic mass is 16.5. The fourth-order valence-corrected chi connectivity index (χ4v) is 2.59. The molecule has 0 aromatic carbocycles. The fraction of sp³-hybridized carbons (Fsp3) is 0.929. The predicted octanol–water partition coefficient (Wildman–Crippen LogP) is 3.59. The highest BCUT2D eigenvalue weighted by Gasteiger charge is 2.25. The van der Waals surface area contributed by atoms with Crippen LogP contribution in [0.2, 0.25) is 0 Å². The summed E-state index contributed by atoms with van der Waals surface area (Å²) in [6.45, 7) is 5.17. The molecular weight excluding hydrogens is 200 g/mol. The Balaban J connectivity index is 2.18. The molecule has 1 aliphatic rings. The van der Waals surface area contributed by atoms with E-state index >= 15 is 0 Å². The molecule has 0 aromatic rings. The van der Waals surface area contributed by atoms with Gasteiger partial charge >= 0.3 is 0 Å². The number of hydrogen-bond donors (Lipinski definition) is 0. The Morgan fingerprint density at radius 1 is 1.19 bits per heavy atom. The van der Waals surface area contributed by atoms with Crippen LogP contribution in [0.1, 0.15) is 58.8 Å². The van der Waals surface area contributed by atoms with Crippen molar-refractivity contribution in [2.24, 2.45) is 11.8 Å². The Morgan fingerprint density at radius 2 is 1.88 bits per heavy atom. The molecule has 0 atom stereocenters. The van der Waals surface area contributed by atoms with E-state index in [0.29, 0.717) is 24.9 Å². The van der Waals surface area contributed by atoms with Gasteiger partial charge in [-0.15, -0.1) is 0 Å². The van der Waals surface area contributed by atoms with Gasteiger partial charge in [0.05, 0.1) is 0 Å². The number of carbonyl (C=O) groups excluding carboxylic acids is 1. The van der Waals surface area contributed by atoms with Crippen LogP contribution < -0.4 is 0 Å². The summed E-state index contributed by atoms with van der Waals surface area (Å²) in [6, 6.07) is 0. The lowest BCUT2D eigenvalue weighted by Crippen LogP contribution is -2.25. The van der Waals surface area contributed by atoms with E-state index in [9.17, 15) is 4.79 Å². The third-order valence-corrected chi connectivity index (χ3v) is 3.72. The Labute approximate surface area is 99.8 Å². The molecule has 1 saturated carbocycles. The molecule has 0 radical (unpaired) electrons. The van der Waals surface area contributed by atoms with Gasteiger partial charge in [-0.05, 0) is 38.5 Å². The summed E-state index contributed by atoms with van der Waals surface area (Å²) in [6.07, 6.45) is 8.71. The van der Waals surface area contributed by atoms with Crippen molar-refractivity contribution < 1.29 is 9.53 Å². The normalized spacial score (nSPS) is 25.6. The molecular formula is C14H26O2. The zero-order valence-corrected chi connectivity index (χ0v) is 10.8. The van der Waals surface area contributed by atoms with Gasteiger partial charge in [0.1, 0.15) is 6.61 Å². The van der Waals surface area contributed by atoms with Crippen molar-refractivity contribution in [2.75, 3.05) is 13.2 Å². The van der Waals surface area contributed by atoms with Crippen LogP contribution in [-0.2, 0) is 9.53 Å². The average Bonchev–Trinajstić information content (AvgIpc) is 2.34. The molecule has 16 heavy (non-hydrogen) atoms. The summed E-state index contributed by atoms with van der Waals surface area (Å²) >= 11 is 0. The minimum atomic E-state index is 0.296. The summed E-state index contributed by atoms with van der Waals surface area (Å²) in [4.78, 5) is 11.8. The van der Waals surface area contributed by atoms with E-state index in [2.05, 4.69) is 6.92 Å². The van der Waals surface area contributed by atoms with Crippen LogP contribution in [0.5, 0.6) is 0 Å². The Bertz CT molecular complexity index is 193. The number of hydrogen-bond acceptors (Lipinski definition) is 2. The predicted molar refractivity (Wildman–Crippen MR) is 66.5 cm³/mol. The lowest BCUT2D eigenvalue weighted by Gasteiger charge is -2.27. The van der Waals surface area contributed by atoms with E-state index in [-0.39, 0.29) is 0 Å². The van der Waals surface area contributed by atoms with Gasteiger partial charge in [-0.25, -0.2) is 0 Å². The van der Waals surface area contributed by atoms with E-state index in [0.717, 1.165) is 18.8 Å². The van der Waals surface area contributed by atoms with Crippen LogP contribution in [0.3, 0.4) is 0 Å². The number of ether oxygens (including phenoxy) is 1. The molecule has 1 aliphatic carbocycles. The molecule has 2 heteroatoms. The molecule has 0 amide bonds. The SMILES string of the molecule is CCCCC1CCC(C(=O)COCC)CC1. The van der Waals surface area contributed by atoms with Gasteiger partial charge in [-0.2, -0.15) is 0 Å². The summed E-state index contributed by atoms with van der Waals surface area (Å²) in [5.74, 6) is 1.51. The van der Waals surface area contributed by atoms with E-state index in [1.165, 1.54) is 32.1 Å². The molecule has 94 valence electrons. The number of rotatable bonds is 7. The summed E-state index contributed by atoms with van der Waals surface area (Å²) in [5.41, 5.74) is 0. The maximum Gasteiger partial charge on any atom is 0.161 e. The minimum Gasteiger partial charge on any atom is -0.374 e. The third-order valence-electron chi connectivity index (χ3n) is 3.72. The highest BCUT2D eigenvalue weighted by Crippen LogP contribution is 2.32. The smallest absolute Gasteiger partial charge is 0.161 e. The van der Waals surface area contributed by atoms with Crippen LogP contribution >= 0.6 is 0 Å². The maximum atomic E-state index is 11.8. The molecule has 1 rings (SSSR count). The highest BCUT2D eigenvalue weighted by molar-refractivity contribution is 5.82. The van der Waals surface area contributed by atoms with Crippen molar-refractivity contribution >= 4 is 5.78 Å². The molecule has 0 bridgehead atoms. The Hall–Kier alpha value is -0.370. The van der Waals surface area contributed by atoms with Gasteiger partial charge in [0, 0.05) is 12.5 Å². The number of Topliss-reactive ketones (excluding diaryl/α,β-unsaturated/α-hetero) is 1. The van der Waals surface area contributed by atoms with Crippen molar-refractivity contribution in [3.05, 3.63) is 0 Å². The van der Waals surface area contributed by atoms with Crippen LogP contribution in [0.15, 0.2) is 0 Å². The molecule has 0 aromatic heterocycles. The lowest BCUT2D eigenvalue weighted by molar-refractivity contribution is -0.128. The second-order valence-electron chi connectivity index (χ2n) is 4.96. The van der Waals surface area contributed by atoms with Crippen molar-refractivity contribution in [3.63, 3.8) is 0 Å². The van der Waals surface area contributed by atoms with Crippen LogP contribution in [0, 0.1) is 11.8 Å². The number of carbonyl (C=O) groups is 1. The quantitative estimate of drug-likeness (QED) is 0.663. The third kappa shape index (κ3) is 4.65. The Morgan fingerprint density at radius 3 is 2.44 bits per heavy atom. The molecule has 1 fully saturated rings. The second kappa shape index (κ2) is 7.83. The Kier molecular flexibility index (Phi) is 6.70. The molecule has 0 aliphatic heterocycles. The zero-order valence-electron chi connectivity index (χ0n) is 10.8. The molecule has 2 nitrogen and oxygen atoms in total. The van der Waals surface area contributed by atoms with Gasteiger partial charge in [0.2, 0.25) is 0 Å². The van der Waals surface area contributed by atoms with Crippen molar-refractivity contribution in [3.8, 4) is 0 Å². The van der Waals surface area contributed by atoms with E-state index in [4.69, 9.17) is 4.74 Å². The monoisotopic (exact) mass is 226 g/mol. The average molecular weight is 226 g/mol. The topological polar surface area (TPSA) is 26.3 Å². The lowest BCUT2D eigenvalue weighted by atomic mass is 9.78. The summed E-state index contributed by atoms with van der Waals surface area (Å²) in [5, 5.41) is 0. The van der Waals surface area contributed by atoms with Gasteiger partial charge in [-0.3, -0.25) is 4.79 Å². The van der Waals surface area contributed by atoms with Gasteiger partial charge < -0.3 is 4.74 Å². The zero-order chi connectivity index (χ0) is 11.8.